The number of rotatable bonds is 3. The fourth-order valence-corrected chi connectivity index (χ4v) is 5.87. The predicted octanol–water partition coefficient (Wildman–Crippen LogP) is 4.26. The molecule has 4 heterocycles. The van der Waals surface area contributed by atoms with Crippen LogP contribution in [0.25, 0.3) is 21.7 Å². The van der Waals surface area contributed by atoms with E-state index in [4.69, 9.17) is 9.47 Å². The number of amides is 2. The third kappa shape index (κ3) is 5.96. The van der Waals surface area contributed by atoms with Gasteiger partial charge in [0, 0.05) is 53.9 Å². The van der Waals surface area contributed by atoms with E-state index in [0.29, 0.717) is 61.3 Å². The number of ether oxygens (including phenoxy) is 2. The Morgan fingerprint density at radius 3 is 2.83 bits per heavy atom. The Morgan fingerprint density at radius 2 is 1.98 bits per heavy atom. The van der Waals surface area contributed by atoms with Gasteiger partial charge in [-0.05, 0) is 48.2 Å². The van der Waals surface area contributed by atoms with Crippen LogP contribution in [-0.2, 0) is 17.6 Å². The predicted molar refractivity (Wildman–Crippen MR) is 160 cm³/mol. The maximum atomic E-state index is 13.5. The molecule has 10 nitrogen and oxygen atoms in total. The summed E-state index contributed by atoms with van der Waals surface area (Å²) >= 11 is 1.29. The molecule has 0 saturated heterocycles. The number of aromatic nitrogens is 4. The molecular weight excluding hydrogens is 552 g/mol. The molecule has 2 bridgehead atoms. The summed E-state index contributed by atoms with van der Waals surface area (Å²) in [6, 6.07) is 15.9. The summed E-state index contributed by atoms with van der Waals surface area (Å²) in [4.78, 5) is 44.6. The molecule has 3 aromatic heterocycles. The van der Waals surface area contributed by atoms with E-state index in [0.717, 1.165) is 27.7 Å². The summed E-state index contributed by atoms with van der Waals surface area (Å²) in [5.41, 5.74) is 4.63. The number of H-pyrrole nitrogens is 1. The number of methoxy groups -OCH3 is 1. The molecule has 1 aliphatic rings. The molecular formula is C31H30N6O4S. The van der Waals surface area contributed by atoms with Crippen LogP contribution in [0.5, 0.6) is 11.5 Å². The molecule has 0 fully saturated rings. The zero-order valence-electron chi connectivity index (χ0n) is 23.1. The first-order chi connectivity index (χ1) is 20.6. The Bertz CT molecular complexity index is 1720. The minimum atomic E-state index is -0.330. The van der Waals surface area contributed by atoms with Gasteiger partial charge < -0.3 is 24.7 Å². The van der Waals surface area contributed by atoms with Crippen LogP contribution in [0, 0.1) is 0 Å². The minimum Gasteiger partial charge on any atom is -0.493 e. The first-order valence-electron chi connectivity index (χ1n) is 13.8. The number of nitrogens with zero attached hydrogens (tertiary/aromatic N) is 4. The maximum Gasteiger partial charge on any atom is 0.273 e. The van der Waals surface area contributed by atoms with Gasteiger partial charge in [0.1, 0.15) is 5.69 Å². The maximum absolute atomic E-state index is 13.5. The Labute approximate surface area is 246 Å². The summed E-state index contributed by atoms with van der Waals surface area (Å²) in [6.45, 7) is 1.00. The fourth-order valence-electron chi connectivity index (χ4n) is 5.13. The molecule has 214 valence electrons. The number of carbonyl (C=O) groups is 2. The van der Waals surface area contributed by atoms with E-state index < -0.39 is 0 Å². The van der Waals surface area contributed by atoms with Crippen LogP contribution < -0.4 is 14.8 Å². The second-order valence-electron chi connectivity index (χ2n) is 9.93. The molecule has 2 aromatic carbocycles. The van der Waals surface area contributed by atoms with E-state index in [2.05, 4.69) is 37.4 Å². The number of carbonyl (C=O) groups excluding carboxylic acids is 2. The van der Waals surface area contributed by atoms with Crippen LogP contribution in [0.2, 0.25) is 0 Å². The zero-order valence-corrected chi connectivity index (χ0v) is 23.9. The van der Waals surface area contributed by atoms with Crippen molar-refractivity contribution in [1.82, 2.24) is 30.2 Å². The average Bonchev–Trinajstić information content (AvgIpc) is 3.64. The summed E-state index contributed by atoms with van der Waals surface area (Å²) in [5, 5.41) is 6.37. The highest BCUT2D eigenvalue weighted by atomic mass is 32.1. The summed E-state index contributed by atoms with van der Waals surface area (Å²) in [7, 11) is 1.62. The molecule has 0 aliphatic carbocycles. The lowest BCUT2D eigenvalue weighted by Crippen LogP contribution is -2.42. The Kier molecular flexibility index (Phi) is 8.09. The van der Waals surface area contributed by atoms with Gasteiger partial charge in [0.15, 0.2) is 22.3 Å². The van der Waals surface area contributed by atoms with Crippen molar-refractivity contribution in [2.45, 2.75) is 19.3 Å². The molecule has 2 N–H and O–H groups in total. The minimum absolute atomic E-state index is 0.0902. The van der Waals surface area contributed by atoms with Crippen molar-refractivity contribution < 1.29 is 19.1 Å². The van der Waals surface area contributed by atoms with Gasteiger partial charge in [-0.2, -0.15) is 0 Å². The van der Waals surface area contributed by atoms with Crippen molar-refractivity contribution in [2.24, 2.45) is 0 Å². The number of hydrogen-bond acceptors (Lipinski definition) is 8. The van der Waals surface area contributed by atoms with Crippen molar-refractivity contribution >= 4 is 34.1 Å². The van der Waals surface area contributed by atoms with E-state index in [1.165, 1.54) is 16.2 Å². The van der Waals surface area contributed by atoms with Crippen molar-refractivity contribution in [2.75, 3.05) is 33.4 Å². The number of aromatic amines is 1. The van der Waals surface area contributed by atoms with Gasteiger partial charge in [-0.15, -0.1) is 11.3 Å². The van der Waals surface area contributed by atoms with Crippen molar-refractivity contribution in [3.05, 3.63) is 88.8 Å². The Balaban J connectivity index is 1.27. The SMILES string of the molecule is COc1ccc2cc1OCCCN(C(=O)c1csc(-c3ncccn3)n1)CC(=O)NCCc1c([nH]c3ccccc13)C2. The Morgan fingerprint density at radius 1 is 1.12 bits per heavy atom. The third-order valence-electron chi connectivity index (χ3n) is 7.14. The molecule has 1 aliphatic heterocycles. The highest BCUT2D eigenvalue weighted by Crippen LogP contribution is 2.31. The molecule has 6 rings (SSSR count). The standard InChI is InChI=1S/C31H30N6O4S/c1-40-26-9-8-20-16-24-22(21-6-2-3-7-23(21)35-24)10-13-32-28(38)18-37(14-5-15-41-27(26)17-20)31(39)25-19-42-30(36-25)29-33-11-4-12-34-29/h2-4,6-9,11-12,17,19,35H,5,10,13-16,18H2,1H3,(H,32,38). The Hall–Kier alpha value is -4.77. The second kappa shape index (κ2) is 12.4. The lowest BCUT2D eigenvalue weighted by atomic mass is 10.0. The van der Waals surface area contributed by atoms with E-state index in [-0.39, 0.29) is 24.1 Å². The molecule has 0 radical (unpaired) electrons. The average molecular weight is 583 g/mol. The molecule has 0 atom stereocenters. The highest BCUT2D eigenvalue weighted by molar-refractivity contribution is 7.13. The normalized spacial score (nSPS) is 14.6. The molecule has 42 heavy (non-hydrogen) atoms. The van der Waals surface area contributed by atoms with Gasteiger partial charge in [-0.3, -0.25) is 9.59 Å². The lowest BCUT2D eigenvalue weighted by molar-refractivity contribution is -0.121. The van der Waals surface area contributed by atoms with Crippen molar-refractivity contribution in [3.63, 3.8) is 0 Å². The first kappa shape index (κ1) is 27.4. The highest BCUT2D eigenvalue weighted by Gasteiger charge is 2.23. The first-order valence-corrected chi connectivity index (χ1v) is 14.6. The molecule has 11 heteroatoms. The number of thiazole rings is 1. The molecule has 2 amide bonds. The van der Waals surface area contributed by atoms with E-state index in [1.807, 2.05) is 30.3 Å². The summed E-state index contributed by atoms with van der Waals surface area (Å²) in [6.07, 6.45) is 5.10. The number of para-hydroxylation sites is 1. The molecule has 0 saturated carbocycles. The van der Waals surface area contributed by atoms with Crippen LogP contribution in [0.1, 0.15) is 33.7 Å². The van der Waals surface area contributed by atoms with Gasteiger partial charge in [0.25, 0.3) is 5.91 Å². The third-order valence-corrected chi connectivity index (χ3v) is 7.98. The molecule has 5 aromatic rings. The quantitative estimate of drug-likeness (QED) is 0.326. The van der Waals surface area contributed by atoms with Crippen LogP contribution in [0.15, 0.2) is 66.3 Å². The number of benzene rings is 2. The van der Waals surface area contributed by atoms with Gasteiger partial charge in [-0.25, -0.2) is 15.0 Å². The number of fused-ring (bicyclic) bond motifs is 5. The fraction of sp³-hybridized carbons (Fsp3) is 0.258. The van der Waals surface area contributed by atoms with Gasteiger partial charge in [-0.1, -0.05) is 24.3 Å². The van der Waals surface area contributed by atoms with E-state index in [1.54, 1.807) is 30.9 Å². The number of hydrogen-bond donors (Lipinski definition) is 2. The van der Waals surface area contributed by atoms with Gasteiger partial charge in [0.05, 0.1) is 20.3 Å². The van der Waals surface area contributed by atoms with Crippen LogP contribution >= 0.6 is 11.3 Å². The topological polar surface area (TPSA) is 122 Å². The summed E-state index contributed by atoms with van der Waals surface area (Å²) in [5.74, 6) is 1.17. The van der Waals surface area contributed by atoms with E-state index in [9.17, 15) is 9.59 Å². The molecule has 0 spiro atoms. The number of nitrogens with one attached hydrogen (secondary N) is 2. The lowest BCUT2D eigenvalue weighted by Gasteiger charge is -2.22. The van der Waals surface area contributed by atoms with Crippen molar-refractivity contribution in [3.8, 4) is 22.3 Å². The van der Waals surface area contributed by atoms with Crippen LogP contribution in [0.4, 0.5) is 0 Å². The van der Waals surface area contributed by atoms with Crippen LogP contribution in [-0.4, -0.2) is 70.0 Å². The largest absolute Gasteiger partial charge is 0.493 e. The van der Waals surface area contributed by atoms with Crippen molar-refractivity contribution in [1.29, 1.82) is 0 Å². The zero-order chi connectivity index (χ0) is 28.9. The van der Waals surface area contributed by atoms with Crippen LogP contribution in [0.3, 0.4) is 0 Å². The second-order valence-corrected chi connectivity index (χ2v) is 10.8. The van der Waals surface area contributed by atoms with Gasteiger partial charge >= 0.3 is 0 Å². The smallest absolute Gasteiger partial charge is 0.273 e. The molecule has 0 unspecified atom stereocenters. The van der Waals surface area contributed by atoms with Gasteiger partial charge in [0.2, 0.25) is 5.91 Å². The summed E-state index contributed by atoms with van der Waals surface area (Å²) < 4.78 is 11.7. The van der Waals surface area contributed by atoms with E-state index >= 15 is 0 Å². The monoisotopic (exact) mass is 582 g/mol.